The molecule has 1 aromatic heterocycles. The Morgan fingerprint density at radius 1 is 1.15 bits per heavy atom. The quantitative estimate of drug-likeness (QED) is 0.665. The SMILES string of the molecule is Cc1cc(Cl)ccc1Nc1nccc(C(=O)NCCc2ccc(F)cc2)n1. The molecular weight excluding hydrogens is 367 g/mol. The van der Waals surface area contributed by atoms with Crippen LogP contribution in [-0.4, -0.2) is 22.4 Å². The van der Waals surface area contributed by atoms with Crippen molar-refractivity contribution in [3.8, 4) is 0 Å². The van der Waals surface area contributed by atoms with Gasteiger partial charge in [0.25, 0.3) is 5.91 Å². The van der Waals surface area contributed by atoms with E-state index in [4.69, 9.17) is 11.6 Å². The van der Waals surface area contributed by atoms with Crippen LogP contribution in [0.2, 0.25) is 5.02 Å². The first-order valence-corrected chi connectivity index (χ1v) is 8.78. The van der Waals surface area contributed by atoms with E-state index in [2.05, 4.69) is 20.6 Å². The van der Waals surface area contributed by atoms with Crippen molar-refractivity contribution in [3.63, 3.8) is 0 Å². The van der Waals surface area contributed by atoms with Crippen molar-refractivity contribution in [1.29, 1.82) is 0 Å². The minimum absolute atomic E-state index is 0.262. The number of nitrogens with one attached hydrogen (secondary N) is 2. The number of amides is 1. The van der Waals surface area contributed by atoms with Crippen molar-refractivity contribution in [2.75, 3.05) is 11.9 Å². The van der Waals surface area contributed by atoms with Crippen LogP contribution >= 0.6 is 11.6 Å². The molecule has 0 aliphatic heterocycles. The van der Waals surface area contributed by atoms with Gasteiger partial charge in [-0.25, -0.2) is 14.4 Å². The first kappa shape index (κ1) is 18.8. The molecule has 0 radical (unpaired) electrons. The Hall–Kier alpha value is -2.99. The Morgan fingerprint density at radius 3 is 2.67 bits per heavy atom. The lowest BCUT2D eigenvalue weighted by molar-refractivity contribution is 0.0949. The predicted molar refractivity (Wildman–Crippen MR) is 104 cm³/mol. The van der Waals surface area contributed by atoms with Gasteiger partial charge in [0.2, 0.25) is 5.95 Å². The number of rotatable bonds is 6. The molecule has 0 saturated carbocycles. The molecule has 2 N–H and O–H groups in total. The van der Waals surface area contributed by atoms with Crippen molar-refractivity contribution in [3.05, 3.63) is 82.4 Å². The van der Waals surface area contributed by atoms with E-state index in [-0.39, 0.29) is 17.4 Å². The van der Waals surface area contributed by atoms with Gasteiger partial charge < -0.3 is 10.6 Å². The first-order chi connectivity index (χ1) is 13.0. The fourth-order valence-electron chi connectivity index (χ4n) is 2.50. The van der Waals surface area contributed by atoms with Gasteiger partial charge in [-0.05, 0) is 60.9 Å². The summed E-state index contributed by atoms with van der Waals surface area (Å²) in [5.41, 5.74) is 2.96. The second-order valence-electron chi connectivity index (χ2n) is 5.98. The average molecular weight is 385 g/mol. The lowest BCUT2D eigenvalue weighted by atomic mass is 10.1. The summed E-state index contributed by atoms with van der Waals surface area (Å²) in [5, 5.41) is 6.54. The van der Waals surface area contributed by atoms with E-state index < -0.39 is 0 Å². The third kappa shape index (κ3) is 5.24. The van der Waals surface area contributed by atoms with Crippen molar-refractivity contribution >= 4 is 29.1 Å². The van der Waals surface area contributed by atoms with Gasteiger partial charge in [0.1, 0.15) is 11.5 Å². The number of aromatic nitrogens is 2. The summed E-state index contributed by atoms with van der Waals surface area (Å²) in [4.78, 5) is 20.7. The Balaban J connectivity index is 1.60. The van der Waals surface area contributed by atoms with Crippen LogP contribution in [0.25, 0.3) is 0 Å². The smallest absolute Gasteiger partial charge is 0.270 e. The summed E-state index contributed by atoms with van der Waals surface area (Å²) in [6, 6.07) is 13.2. The number of nitrogens with zero attached hydrogens (tertiary/aromatic N) is 2. The summed E-state index contributed by atoms with van der Waals surface area (Å²) < 4.78 is 12.9. The molecule has 0 aliphatic carbocycles. The van der Waals surface area contributed by atoms with E-state index in [1.165, 1.54) is 18.3 Å². The van der Waals surface area contributed by atoms with Crippen LogP contribution in [0.4, 0.5) is 16.0 Å². The molecule has 0 atom stereocenters. The fraction of sp³-hybridized carbons (Fsp3) is 0.150. The van der Waals surface area contributed by atoms with Crippen LogP contribution in [0.1, 0.15) is 21.6 Å². The maximum Gasteiger partial charge on any atom is 0.270 e. The Kier molecular flexibility index (Phi) is 5.98. The minimum atomic E-state index is -0.296. The molecule has 138 valence electrons. The Bertz CT molecular complexity index is 947. The Morgan fingerprint density at radius 2 is 1.93 bits per heavy atom. The summed E-state index contributed by atoms with van der Waals surface area (Å²) in [5.74, 6) is -0.248. The molecule has 2 aromatic carbocycles. The fourth-order valence-corrected chi connectivity index (χ4v) is 2.72. The predicted octanol–water partition coefficient (Wildman–Crippen LogP) is 4.29. The van der Waals surface area contributed by atoms with Crippen LogP contribution < -0.4 is 10.6 Å². The van der Waals surface area contributed by atoms with Gasteiger partial charge in [-0.15, -0.1) is 0 Å². The minimum Gasteiger partial charge on any atom is -0.350 e. The molecule has 0 aliphatic rings. The number of anilines is 2. The molecule has 7 heteroatoms. The van der Waals surface area contributed by atoms with Crippen LogP contribution in [0.15, 0.2) is 54.7 Å². The summed E-state index contributed by atoms with van der Waals surface area (Å²) in [6.45, 7) is 2.34. The number of carbonyl (C=O) groups is 1. The number of hydrogen-bond donors (Lipinski definition) is 2. The highest BCUT2D eigenvalue weighted by molar-refractivity contribution is 6.30. The normalized spacial score (nSPS) is 10.5. The number of carbonyl (C=O) groups excluding carboxylic acids is 1. The lowest BCUT2D eigenvalue weighted by Gasteiger charge is -2.09. The van der Waals surface area contributed by atoms with E-state index in [9.17, 15) is 9.18 Å². The van der Waals surface area contributed by atoms with Gasteiger partial charge in [0.15, 0.2) is 0 Å². The average Bonchev–Trinajstić information content (AvgIpc) is 2.66. The monoisotopic (exact) mass is 384 g/mol. The second kappa shape index (κ2) is 8.60. The van der Waals surface area contributed by atoms with Gasteiger partial charge in [-0.2, -0.15) is 0 Å². The number of hydrogen-bond acceptors (Lipinski definition) is 4. The standard InChI is InChI=1S/C20H18ClFN4O/c1-13-12-15(21)4-7-17(13)25-20-24-11-9-18(26-20)19(27)23-10-8-14-2-5-16(22)6-3-14/h2-7,9,11-12H,8,10H2,1H3,(H,23,27)(H,24,25,26). The number of halogens is 2. The van der Waals surface area contributed by atoms with E-state index >= 15 is 0 Å². The molecule has 3 rings (SSSR count). The number of benzene rings is 2. The van der Waals surface area contributed by atoms with E-state index in [1.807, 2.05) is 19.1 Å². The molecule has 1 amide bonds. The van der Waals surface area contributed by atoms with Crippen molar-refractivity contribution in [2.45, 2.75) is 13.3 Å². The Labute approximate surface area is 161 Å². The molecule has 0 bridgehead atoms. The molecule has 0 fully saturated rings. The van der Waals surface area contributed by atoms with Gasteiger partial charge in [-0.1, -0.05) is 23.7 Å². The maximum absolute atomic E-state index is 12.9. The molecule has 3 aromatic rings. The zero-order valence-electron chi connectivity index (χ0n) is 14.7. The van der Waals surface area contributed by atoms with Gasteiger partial charge in [0.05, 0.1) is 0 Å². The highest BCUT2D eigenvalue weighted by Crippen LogP contribution is 2.21. The van der Waals surface area contributed by atoms with E-state index in [1.54, 1.807) is 24.3 Å². The van der Waals surface area contributed by atoms with Crippen molar-refractivity contribution < 1.29 is 9.18 Å². The molecule has 27 heavy (non-hydrogen) atoms. The molecular formula is C20H18ClFN4O. The zero-order chi connectivity index (χ0) is 19.2. The van der Waals surface area contributed by atoms with Crippen molar-refractivity contribution in [2.24, 2.45) is 0 Å². The van der Waals surface area contributed by atoms with Crippen LogP contribution in [0.3, 0.4) is 0 Å². The highest BCUT2D eigenvalue weighted by atomic mass is 35.5. The molecule has 5 nitrogen and oxygen atoms in total. The second-order valence-corrected chi connectivity index (χ2v) is 6.42. The third-order valence-corrected chi connectivity index (χ3v) is 4.17. The third-order valence-electron chi connectivity index (χ3n) is 3.94. The largest absolute Gasteiger partial charge is 0.350 e. The van der Waals surface area contributed by atoms with Crippen LogP contribution in [-0.2, 0) is 6.42 Å². The summed E-state index contributed by atoms with van der Waals surface area (Å²) in [6.07, 6.45) is 2.13. The van der Waals surface area contributed by atoms with Crippen LogP contribution in [0.5, 0.6) is 0 Å². The molecule has 0 unspecified atom stereocenters. The van der Waals surface area contributed by atoms with Crippen molar-refractivity contribution in [1.82, 2.24) is 15.3 Å². The summed E-state index contributed by atoms with van der Waals surface area (Å²) in [7, 11) is 0. The van der Waals surface area contributed by atoms with Gasteiger partial charge >= 0.3 is 0 Å². The number of aryl methyl sites for hydroxylation is 1. The molecule has 1 heterocycles. The van der Waals surface area contributed by atoms with E-state index in [0.29, 0.717) is 23.9 Å². The molecule has 0 saturated heterocycles. The first-order valence-electron chi connectivity index (χ1n) is 8.40. The van der Waals surface area contributed by atoms with E-state index in [0.717, 1.165) is 16.8 Å². The summed E-state index contributed by atoms with van der Waals surface area (Å²) >= 11 is 5.96. The van der Waals surface area contributed by atoms with Gasteiger partial charge in [0, 0.05) is 23.5 Å². The van der Waals surface area contributed by atoms with Gasteiger partial charge in [-0.3, -0.25) is 4.79 Å². The highest BCUT2D eigenvalue weighted by Gasteiger charge is 2.09. The molecule has 0 spiro atoms. The van der Waals surface area contributed by atoms with Crippen LogP contribution in [0, 0.1) is 12.7 Å². The topological polar surface area (TPSA) is 66.9 Å². The maximum atomic E-state index is 12.9. The zero-order valence-corrected chi connectivity index (χ0v) is 15.4. The lowest BCUT2D eigenvalue weighted by Crippen LogP contribution is -2.26.